The van der Waals surface area contributed by atoms with Gasteiger partial charge >= 0.3 is 6.03 Å². The topological polar surface area (TPSA) is 63.4 Å². The number of carbonyl (C=O) groups excluding carboxylic acids is 1. The normalized spacial score (nSPS) is 16.0. The molecule has 1 fully saturated rings. The Morgan fingerprint density at radius 3 is 2.89 bits per heavy atom. The first-order valence-corrected chi connectivity index (χ1v) is 6.99. The summed E-state index contributed by atoms with van der Waals surface area (Å²) in [6.45, 7) is 1.61. The number of thiazole rings is 1. The number of hydrogen-bond donors (Lipinski definition) is 0. The summed E-state index contributed by atoms with van der Waals surface area (Å²) in [7, 11) is 0. The first-order chi connectivity index (χ1) is 9.34. The van der Waals surface area contributed by atoms with Gasteiger partial charge in [0.15, 0.2) is 10.6 Å². The van der Waals surface area contributed by atoms with Gasteiger partial charge in [-0.1, -0.05) is 0 Å². The fraction of sp³-hybridized carbons (Fsp3) is 0.333. The third kappa shape index (κ3) is 2.55. The number of nitrogens with zero attached hydrogens (tertiary/aromatic N) is 5. The van der Waals surface area contributed by atoms with Gasteiger partial charge < -0.3 is 4.90 Å². The molecule has 98 valence electrons. The second-order valence-corrected chi connectivity index (χ2v) is 5.08. The zero-order valence-corrected chi connectivity index (χ0v) is 11.1. The molecule has 0 bridgehead atoms. The molecule has 3 heterocycles. The summed E-state index contributed by atoms with van der Waals surface area (Å²) >= 11 is 1.41. The molecule has 1 saturated heterocycles. The molecular formula is C12H13N5OS. The lowest BCUT2D eigenvalue weighted by atomic mass is 10.4. The Bertz CT molecular complexity index is 627. The molecule has 2 aromatic rings. The monoisotopic (exact) mass is 275 g/mol. The molecule has 0 aromatic carbocycles. The van der Waals surface area contributed by atoms with Crippen molar-refractivity contribution in [3.63, 3.8) is 0 Å². The van der Waals surface area contributed by atoms with Crippen molar-refractivity contribution in [2.24, 2.45) is 4.99 Å². The Hall–Kier alpha value is -2.02. The molecule has 6 nitrogen and oxygen atoms in total. The SMILES string of the molecule is O=C(/N=c1\sccn1-c1cnccn1)N1CCCC1. The van der Waals surface area contributed by atoms with E-state index in [1.54, 1.807) is 28.1 Å². The number of carbonyl (C=O) groups is 1. The Labute approximate surface area is 114 Å². The minimum absolute atomic E-state index is 0.169. The van der Waals surface area contributed by atoms with E-state index < -0.39 is 0 Å². The van der Waals surface area contributed by atoms with Crippen molar-refractivity contribution in [3.05, 3.63) is 35.0 Å². The van der Waals surface area contributed by atoms with Crippen molar-refractivity contribution in [2.75, 3.05) is 13.1 Å². The van der Waals surface area contributed by atoms with Crippen LogP contribution < -0.4 is 4.80 Å². The fourth-order valence-electron chi connectivity index (χ4n) is 2.00. The van der Waals surface area contributed by atoms with Crippen LogP contribution in [-0.4, -0.2) is 38.6 Å². The molecule has 19 heavy (non-hydrogen) atoms. The van der Waals surface area contributed by atoms with Crippen LogP contribution >= 0.6 is 11.3 Å². The molecule has 0 N–H and O–H groups in total. The highest BCUT2D eigenvalue weighted by molar-refractivity contribution is 7.07. The molecule has 7 heteroatoms. The summed E-state index contributed by atoms with van der Waals surface area (Å²) in [5.74, 6) is 0.664. The third-order valence-corrected chi connectivity index (χ3v) is 3.71. The van der Waals surface area contributed by atoms with E-state index in [2.05, 4.69) is 15.0 Å². The highest BCUT2D eigenvalue weighted by Gasteiger charge is 2.17. The molecule has 3 rings (SSSR count). The van der Waals surface area contributed by atoms with Crippen molar-refractivity contribution < 1.29 is 4.79 Å². The van der Waals surface area contributed by atoms with Crippen LogP contribution in [0, 0.1) is 0 Å². The first kappa shape index (κ1) is 12.0. The lowest BCUT2D eigenvalue weighted by Gasteiger charge is -2.10. The van der Waals surface area contributed by atoms with E-state index in [9.17, 15) is 4.79 Å². The zero-order valence-electron chi connectivity index (χ0n) is 10.3. The van der Waals surface area contributed by atoms with E-state index in [1.165, 1.54) is 11.3 Å². The summed E-state index contributed by atoms with van der Waals surface area (Å²) in [5, 5.41) is 1.88. The molecule has 0 atom stereocenters. The van der Waals surface area contributed by atoms with Crippen molar-refractivity contribution >= 4 is 17.4 Å². The quantitative estimate of drug-likeness (QED) is 0.791. The maximum atomic E-state index is 12.0. The van der Waals surface area contributed by atoms with E-state index in [4.69, 9.17) is 0 Å². The zero-order chi connectivity index (χ0) is 13.1. The molecular weight excluding hydrogens is 262 g/mol. The summed E-state index contributed by atoms with van der Waals surface area (Å²) in [6.07, 6.45) is 8.84. The minimum atomic E-state index is -0.169. The van der Waals surface area contributed by atoms with E-state index in [-0.39, 0.29) is 6.03 Å². The third-order valence-electron chi connectivity index (χ3n) is 2.95. The fourth-order valence-corrected chi connectivity index (χ4v) is 2.71. The van der Waals surface area contributed by atoms with Crippen LogP contribution in [0.5, 0.6) is 0 Å². The smallest absolute Gasteiger partial charge is 0.323 e. The molecule has 0 aliphatic carbocycles. The van der Waals surface area contributed by atoms with E-state index in [0.717, 1.165) is 25.9 Å². The predicted octanol–water partition coefficient (Wildman–Crippen LogP) is 1.45. The van der Waals surface area contributed by atoms with Crippen LogP contribution in [0.4, 0.5) is 4.79 Å². The highest BCUT2D eigenvalue weighted by atomic mass is 32.1. The van der Waals surface area contributed by atoms with Gasteiger partial charge in [-0.05, 0) is 12.8 Å². The average molecular weight is 275 g/mol. The maximum absolute atomic E-state index is 12.0. The number of amides is 2. The van der Waals surface area contributed by atoms with E-state index in [0.29, 0.717) is 10.6 Å². The Morgan fingerprint density at radius 1 is 1.32 bits per heavy atom. The molecule has 1 aliphatic rings. The second-order valence-electron chi connectivity index (χ2n) is 4.21. The lowest BCUT2D eigenvalue weighted by molar-refractivity contribution is 0.218. The summed E-state index contributed by atoms with van der Waals surface area (Å²) in [6, 6.07) is -0.169. The highest BCUT2D eigenvalue weighted by Crippen LogP contribution is 2.08. The van der Waals surface area contributed by atoms with Gasteiger partial charge in [0, 0.05) is 37.1 Å². The Kier molecular flexibility index (Phi) is 3.37. The molecule has 2 amide bonds. The van der Waals surface area contributed by atoms with E-state index in [1.807, 2.05) is 11.6 Å². The van der Waals surface area contributed by atoms with Gasteiger partial charge in [0.2, 0.25) is 0 Å². The predicted molar refractivity (Wildman–Crippen MR) is 71.0 cm³/mol. The number of aromatic nitrogens is 3. The van der Waals surface area contributed by atoms with Crippen LogP contribution in [0.3, 0.4) is 0 Å². The summed E-state index contributed by atoms with van der Waals surface area (Å²) in [5.41, 5.74) is 0. The number of urea groups is 1. The Morgan fingerprint density at radius 2 is 2.16 bits per heavy atom. The molecule has 0 spiro atoms. The van der Waals surface area contributed by atoms with Gasteiger partial charge in [-0.15, -0.1) is 11.3 Å². The number of rotatable bonds is 1. The minimum Gasteiger partial charge on any atom is -0.323 e. The average Bonchev–Trinajstić information content (AvgIpc) is 3.11. The van der Waals surface area contributed by atoms with Gasteiger partial charge in [0.25, 0.3) is 0 Å². The van der Waals surface area contributed by atoms with Gasteiger partial charge in [-0.25, -0.2) is 9.78 Å². The van der Waals surface area contributed by atoms with E-state index >= 15 is 0 Å². The first-order valence-electron chi connectivity index (χ1n) is 6.11. The molecule has 0 unspecified atom stereocenters. The standard InChI is InChI=1S/C12H13N5OS/c18-11(16-5-1-2-6-16)15-12-17(7-8-19-12)10-9-13-3-4-14-10/h3-4,7-9H,1-2,5-6H2/b15-12-. The van der Waals surface area contributed by atoms with Crippen LogP contribution in [-0.2, 0) is 0 Å². The van der Waals surface area contributed by atoms with Gasteiger partial charge in [0.1, 0.15) is 0 Å². The van der Waals surface area contributed by atoms with Crippen LogP contribution in [0.1, 0.15) is 12.8 Å². The number of likely N-dealkylation sites (tertiary alicyclic amines) is 1. The van der Waals surface area contributed by atoms with Gasteiger partial charge in [-0.2, -0.15) is 4.99 Å². The van der Waals surface area contributed by atoms with Crippen molar-refractivity contribution in [3.8, 4) is 5.82 Å². The van der Waals surface area contributed by atoms with Gasteiger partial charge in [-0.3, -0.25) is 9.55 Å². The second kappa shape index (κ2) is 5.31. The summed E-state index contributed by atoms with van der Waals surface area (Å²) < 4.78 is 1.77. The van der Waals surface area contributed by atoms with Crippen LogP contribution in [0.2, 0.25) is 0 Å². The van der Waals surface area contributed by atoms with Gasteiger partial charge in [0.05, 0.1) is 6.20 Å². The van der Waals surface area contributed by atoms with Crippen LogP contribution in [0.25, 0.3) is 5.82 Å². The lowest BCUT2D eigenvalue weighted by Crippen LogP contribution is -2.27. The van der Waals surface area contributed by atoms with Crippen molar-refractivity contribution in [1.82, 2.24) is 19.4 Å². The van der Waals surface area contributed by atoms with Crippen LogP contribution in [0.15, 0.2) is 35.2 Å². The molecule has 2 aromatic heterocycles. The van der Waals surface area contributed by atoms with Crippen molar-refractivity contribution in [2.45, 2.75) is 12.8 Å². The molecule has 0 saturated carbocycles. The maximum Gasteiger partial charge on any atom is 0.346 e. The molecule has 0 radical (unpaired) electrons. The number of hydrogen-bond acceptors (Lipinski definition) is 4. The largest absolute Gasteiger partial charge is 0.346 e. The summed E-state index contributed by atoms with van der Waals surface area (Å²) in [4.78, 5) is 26.8. The van der Waals surface area contributed by atoms with Crippen molar-refractivity contribution in [1.29, 1.82) is 0 Å². The molecule has 1 aliphatic heterocycles. The Balaban J connectivity index is 1.93.